The minimum absolute atomic E-state index is 0.735. The van der Waals surface area contributed by atoms with Crippen LogP contribution in [0.3, 0.4) is 0 Å². The molecule has 0 bridgehead atoms. The van der Waals surface area contributed by atoms with Crippen LogP contribution in [0.25, 0.3) is 0 Å². The lowest BCUT2D eigenvalue weighted by Gasteiger charge is -2.07. The average molecular weight is 229 g/mol. The zero-order valence-electron chi connectivity index (χ0n) is 7.22. The van der Waals surface area contributed by atoms with Gasteiger partial charge in [-0.15, -0.1) is 0 Å². The van der Waals surface area contributed by atoms with Gasteiger partial charge in [0.25, 0.3) is 0 Å². The molecule has 0 aliphatic carbocycles. The van der Waals surface area contributed by atoms with Gasteiger partial charge in [0.15, 0.2) is 0 Å². The molecule has 0 aliphatic rings. The summed E-state index contributed by atoms with van der Waals surface area (Å²) < 4.78 is 5.47. The third-order valence-corrected chi connectivity index (χ3v) is 2.03. The van der Waals surface area contributed by atoms with Gasteiger partial charge in [0, 0.05) is 5.33 Å². The van der Waals surface area contributed by atoms with E-state index in [1.807, 2.05) is 25.1 Å². The van der Waals surface area contributed by atoms with Crippen LogP contribution in [0.5, 0.6) is 5.75 Å². The highest BCUT2D eigenvalue weighted by Gasteiger charge is 1.99. The Bertz CT molecular complexity index is 210. The molecule has 0 spiro atoms. The van der Waals surface area contributed by atoms with Crippen LogP contribution >= 0.6 is 15.9 Å². The molecule has 0 atom stereocenters. The van der Waals surface area contributed by atoms with E-state index in [2.05, 4.69) is 22.0 Å². The van der Waals surface area contributed by atoms with E-state index < -0.39 is 0 Å². The van der Waals surface area contributed by atoms with Crippen molar-refractivity contribution < 1.29 is 4.74 Å². The SMILES string of the molecule is CCOc1ccccc1CCBr. The normalized spacial score (nSPS) is 9.83. The van der Waals surface area contributed by atoms with E-state index in [0.717, 1.165) is 24.1 Å². The molecule has 0 aliphatic heterocycles. The van der Waals surface area contributed by atoms with Crippen LogP contribution in [0.15, 0.2) is 24.3 Å². The lowest BCUT2D eigenvalue weighted by atomic mass is 10.1. The molecule has 0 radical (unpaired) electrons. The van der Waals surface area contributed by atoms with Crippen molar-refractivity contribution in [3.8, 4) is 5.75 Å². The first-order valence-corrected chi connectivity index (χ1v) is 5.27. The van der Waals surface area contributed by atoms with Gasteiger partial charge in [0.1, 0.15) is 5.75 Å². The molecule has 66 valence electrons. The summed E-state index contributed by atoms with van der Waals surface area (Å²) in [7, 11) is 0. The molecule has 0 fully saturated rings. The highest BCUT2D eigenvalue weighted by molar-refractivity contribution is 9.09. The molecule has 1 rings (SSSR count). The molecular weight excluding hydrogens is 216 g/mol. The van der Waals surface area contributed by atoms with E-state index in [-0.39, 0.29) is 0 Å². The zero-order valence-corrected chi connectivity index (χ0v) is 8.80. The Balaban J connectivity index is 2.77. The minimum atomic E-state index is 0.735. The molecule has 1 aromatic rings. The lowest BCUT2D eigenvalue weighted by molar-refractivity contribution is 0.337. The second kappa shape index (κ2) is 5.20. The Hall–Kier alpha value is -0.500. The Morgan fingerprint density at radius 1 is 1.33 bits per heavy atom. The summed E-state index contributed by atoms with van der Waals surface area (Å²) in [6.07, 6.45) is 1.02. The van der Waals surface area contributed by atoms with Gasteiger partial charge in [-0.3, -0.25) is 0 Å². The lowest BCUT2D eigenvalue weighted by Crippen LogP contribution is -1.96. The van der Waals surface area contributed by atoms with Crippen molar-refractivity contribution >= 4 is 15.9 Å². The highest BCUT2D eigenvalue weighted by atomic mass is 79.9. The van der Waals surface area contributed by atoms with Crippen LogP contribution in [0.4, 0.5) is 0 Å². The maximum atomic E-state index is 5.47. The van der Waals surface area contributed by atoms with E-state index in [4.69, 9.17) is 4.74 Å². The van der Waals surface area contributed by atoms with E-state index in [1.54, 1.807) is 0 Å². The van der Waals surface area contributed by atoms with E-state index in [0.29, 0.717) is 0 Å². The van der Waals surface area contributed by atoms with Crippen molar-refractivity contribution in [2.24, 2.45) is 0 Å². The van der Waals surface area contributed by atoms with Crippen molar-refractivity contribution in [3.63, 3.8) is 0 Å². The second-order valence-electron chi connectivity index (χ2n) is 2.48. The van der Waals surface area contributed by atoms with Crippen LogP contribution in [0, 0.1) is 0 Å². The Morgan fingerprint density at radius 3 is 2.75 bits per heavy atom. The van der Waals surface area contributed by atoms with E-state index in [9.17, 15) is 0 Å². The molecule has 0 unspecified atom stereocenters. The molecule has 12 heavy (non-hydrogen) atoms. The molecule has 0 amide bonds. The van der Waals surface area contributed by atoms with E-state index in [1.165, 1.54) is 5.56 Å². The number of hydrogen-bond acceptors (Lipinski definition) is 1. The van der Waals surface area contributed by atoms with Gasteiger partial charge >= 0.3 is 0 Å². The van der Waals surface area contributed by atoms with Gasteiger partial charge in [0.2, 0.25) is 0 Å². The van der Waals surface area contributed by atoms with Gasteiger partial charge in [0.05, 0.1) is 6.61 Å². The van der Waals surface area contributed by atoms with E-state index >= 15 is 0 Å². The Labute approximate surface area is 81.9 Å². The van der Waals surface area contributed by atoms with Crippen LogP contribution in [0.2, 0.25) is 0 Å². The van der Waals surface area contributed by atoms with Gasteiger partial charge in [-0.1, -0.05) is 34.1 Å². The molecule has 1 nitrogen and oxygen atoms in total. The summed E-state index contributed by atoms with van der Waals surface area (Å²) in [5, 5.41) is 0.983. The first-order valence-electron chi connectivity index (χ1n) is 4.15. The van der Waals surface area contributed by atoms with Crippen molar-refractivity contribution in [1.29, 1.82) is 0 Å². The van der Waals surface area contributed by atoms with Gasteiger partial charge in [-0.25, -0.2) is 0 Å². The zero-order chi connectivity index (χ0) is 8.81. The van der Waals surface area contributed by atoms with Crippen molar-refractivity contribution in [2.75, 3.05) is 11.9 Å². The first-order chi connectivity index (χ1) is 5.88. The number of para-hydroxylation sites is 1. The third kappa shape index (κ3) is 2.52. The van der Waals surface area contributed by atoms with Crippen molar-refractivity contribution in [3.05, 3.63) is 29.8 Å². The quantitative estimate of drug-likeness (QED) is 0.721. The fourth-order valence-corrected chi connectivity index (χ4v) is 1.54. The molecule has 0 saturated heterocycles. The maximum absolute atomic E-state index is 5.47. The van der Waals surface area contributed by atoms with Crippen LogP contribution < -0.4 is 4.74 Å². The highest BCUT2D eigenvalue weighted by Crippen LogP contribution is 2.18. The molecule has 0 N–H and O–H groups in total. The average Bonchev–Trinajstić information content (AvgIpc) is 2.09. The molecule has 0 aromatic heterocycles. The smallest absolute Gasteiger partial charge is 0.122 e. The molecule has 0 saturated carbocycles. The third-order valence-electron chi connectivity index (χ3n) is 1.64. The number of ether oxygens (including phenoxy) is 1. The Kier molecular flexibility index (Phi) is 4.15. The fourth-order valence-electron chi connectivity index (χ4n) is 1.11. The second-order valence-corrected chi connectivity index (χ2v) is 3.27. The summed E-state index contributed by atoms with van der Waals surface area (Å²) in [4.78, 5) is 0. The molecule has 2 heteroatoms. The number of rotatable bonds is 4. The van der Waals surface area contributed by atoms with Crippen LogP contribution in [0.1, 0.15) is 12.5 Å². The summed E-state index contributed by atoms with van der Waals surface area (Å²) in [5.74, 6) is 1.01. The number of alkyl halides is 1. The minimum Gasteiger partial charge on any atom is -0.494 e. The molecule has 1 aromatic carbocycles. The predicted octanol–water partition coefficient (Wildman–Crippen LogP) is 3.02. The van der Waals surface area contributed by atoms with Gasteiger partial charge in [-0.05, 0) is 25.0 Å². The predicted molar refractivity (Wildman–Crippen MR) is 55.1 cm³/mol. The first kappa shape index (κ1) is 9.59. The van der Waals surface area contributed by atoms with Crippen LogP contribution in [-0.4, -0.2) is 11.9 Å². The number of hydrogen-bond donors (Lipinski definition) is 0. The monoisotopic (exact) mass is 228 g/mol. The largest absolute Gasteiger partial charge is 0.494 e. The summed E-state index contributed by atoms with van der Waals surface area (Å²) in [6.45, 7) is 2.74. The number of benzene rings is 1. The molecular formula is C10H13BrO. The Morgan fingerprint density at radius 2 is 2.08 bits per heavy atom. The topological polar surface area (TPSA) is 9.23 Å². The van der Waals surface area contributed by atoms with Gasteiger partial charge < -0.3 is 4.74 Å². The van der Waals surface area contributed by atoms with Crippen molar-refractivity contribution in [2.45, 2.75) is 13.3 Å². The van der Waals surface area contributed by atoms with Crippen LogP contribution in [-0.2, 0) is 6.42 Å². The molecule has 0 heterocycles. The summed E-state index contributed by atoms with van der Waals surface area (Å²) >= 11 is 3.42. The van der Waals surface area contributed by atoms with Crippen molar-refractivity contribution in [1.82, 2.24) is 0 Å². The number of aryl methyl sites for hydroxylation is 1. The number of halogens is 1. The summed E-state index contributed by atoms with van der Waals surface area (Å²) in [5.41, 5.74) is 1.27. The fraction of sp³-hybridized carbons (Fsp3) is 0.400. The standard InChI is InChI=1S/C10H13BrO/c1-2-12-10-6-4-3-5-9(10)7-8-11/h3-6H,2,7-8H2,1H3. The maximum Gasteiger partial charge on any atom is 0.122 e. The van der Waals surface area contributed by atoms with Gasteiger partial charge in [-0.2, -0.15) is 0 Å². The summed E-state index contributed by atoms with van der Waals surface area (Å²) in [6, 6.07) is 8.16.